The van der Waals surface area contributed by atoms with Crippen molar-refractivity contribution in [2.24, 2.45) is 7.05 Å². The van der Waals surface area contributed by atoms with E-state index in [4.69, 9.17) is 14.2 Å². The molecule has 0 atom stereocenters. The van der Waals surface area contributed by atoms with Crippen LogP contribution in [0.2, 0.25) is 0 Å². The van der Waals surface area contributed by atoms with Crippen LogP contribution in [0.25, 0.3) is 10.9 Å². The van der Waals surface area contributed by atoms with Crippen LogP contribution in [0, 0.1) is 0 Å². The predicted octanol–water partition coefficient (Wildman–Crippen LogP) is 2.97. The van der Waals surface area contributed by atoms with Gasteiger partial charge < -0.3 is 29.0 Å². The zero-order chi connectivity index (χ0) is 21.5. The average molecular weight is 421 g/mol. The molecule has 0 radical (unpaired) electrons. The second-order valence-electron chi connectivity index (χ2n) is 7.66. The Morgan fingerprint density at radius 2 is 2.00 bits per heavy atom. The first kappa shape index (κ1) is 19.3. The smallest absolute Gasteiger partial charge is 0.270 e. The van der Waals surface area contributed by atoms with Gasteiger partial charge in [0.15, 0.2) is 11.5 Å². The fraction of sp³-hybridized carbons (Fsp3) is 0.304. The molecule has 0 aliphatic carbocycles. The first-order valence-corrected chi connectivity index (χ1v) is 10.2. The molecule has 2 aliphatic rings. The fourth-order valence-electron chi connectivity index (χ4n) is 4.27. The first-order valence-electron chi connectivity index (χ1n) is 10.2. The minimum Gasteiger partial charge on any atom is -0.497 e. The lowest BCUT2D eigenvalue weighted by Gasteiger charge is -2.18. The number of rotatable bonds is 5. The molecule has 1 fully saturated rings. The third-order valence-corrected chi connectivity index (χ3v) is 5.83. The number of ether oxygens (including phenoxy) is 3. The number of methoxy groups -OCH3 is 1. The summed E-state index contributed by atoms with van der Waals surface area (Å²) in [5.74, 6) is 1.84. The lowest BCUT2D eigenvalue weighted by Crippen LogP contribution is -2.30. The van der Waals surface area contributed by atoms with Crippen LogP contribution >= 0.6 is 0 Å². The summed E-state index contributed by atoms with van der Waals surface area (Å²) in [6.07, 6.45) is 1.26. The minimum atomic E-state index is -0.245. The molecule has 8 heteroatoms. The number of amides is 2. The lowest BCUT2D eigenvalue weighted by molar-refractivity contribution is -0.117. The molecule has 2 aromatic carbocycles. The Kier molecular flexibility index (Phi) is 4.69. The van der Waals surface area contributed by atoms with Gasteiger partial charge in [-0.2, -0.15) is 0 Å². The van der Waals surface area contributed by atoms with Gasteiger partial charge in [-0.1, -0.05) is 6.07 Å². The number of aromatic nitrogens is 1. The number of hydrogen-bond acceptors (Lipinski definition) is 5. The largest absolute Gasteiger partial charge is 0.497 e. The molecule has 160 valence electrons. The van der Waals surface area contributed by atoms with E-state index < -0.39 is 0 Å². The van der Waals surface area contributed by atoms with Crippen LogP contribution in [-0.4, -0.2) is 36.8 Å². The van der Waals surface area contributed by atoms with E-state index in [-0.39, 0.29) is 18.6 Å². The number of carbonyl (C=O) groups is 2. The molecular weight excluding hydrogens is 398 g/mol. The number of nitrogens with zero attached hydrogens (tertiary/aromatic N) is 2. The van der Waals surface area contributed by atoms with Crippen molar-refractivity contribution < 1.29 is 23.8 Å². The van der Waals surface area contributed by atoms with Gasteiger partial charge in [0.25, 0.3) is 5.91 Å². The molecule has 1 N–H and O–H groups in total. The zero-order valence-corrected chi connectivity index (χ0v) is 17.4. The van der Waals surface area contributed by atoms with E-state index in [1.54, 1.807) is 12.0 Å². The first-order chi connectivity index (χ1) is 15.1. The molecule has 0 bridgehead atoms. The summed E-state index contributed by atoms with van der Waals surface area (Å²) in [4.78, 5) is 27.6. The van der Waals surface area contributed by atoms with E-state index in [9.17, 15) is 9.59 Å². The summed E-state index contributed by atoms with van der Waals surface area (Å²) in [6, 6.07) is 11.2. The van der Waals surface area contributed by atoms with Gasteiger partial charge >= 0.3 is 0 Å². The molecule has 0 unspecified atom stereocenters. The normalized spacial score (nSPS) is 15.0. The number of aryl methyl sites for hydroxylation is 1. The second kappa shape index (κ2) is 7.54. The van der Waals surface area contributed by atoms with Gasteiger partial charge in [0.1, 0.15) is 11.4 Å². The molecule has 1 saturated heterocycles. The topological polar surface area (TPSA) is 82.0 Å². The third-order valence-electron chi connectivity index (χ3n) is 5.83. The number of hydrogen-bond donors (Lipinski definition) is 1. The molecule has 8 nitrogen and oxygen atoms in total. The number of nitrogens with one attached hydrogen (secondary N) is 1. The molecular formula is C23H23N3O5. The van der Waals surface area contributed by atoms with Crippen LogP contribution in [0.4, 0.5) is 5.69 Å². The summed E-state index contributed by atoms with van der Waals surface area (Å²) >= 11 is 0. The third kappa shape index (κ3) is 3.24. The lowest BCUT2D eigenvalue weighted by atomic mass is 10.1. The summed E-state index contributed by atoms with van der Waals surface area (Å²) in [5.41, 5.74) is 2.86. The van der Waals surface area contributed by atoms with Gasteiger partial charge in [0, 0.05) is 31.9 Å². The van der Waals surface area contributed by atoms with E-state index in [2.05, 4.69) is 5.32 Å². The average Bonchev–Trinajstić information content (AvgIpc) is 3.49. The Balaban J connectivity index is 1.51. The maximum Gasteiger partial charge on any atom is 0.270 e. The summed E-state index contributed by atoms with van der Waals surface area (Å²) in [7, 11) is 3.44. The maximum absolute atomic E-state index is 13.3. The molecule has 3 heterocycles. The van der Waals surface area contributed by atoms with Crippen LogP contribution in [0.1, 0.15) is 28.9 Å². The Morgan fingerprint density at radius 1 is 1.16 bits per heavy atom. The molecule has 1 aromatic heterocycles. The maximum atomic E-state index is 13.3. The molecule has 2 aliphatic heterocycles. The highest BCUT2D eigenvalue weighted by Crippen LogP contribution is 2.38. The highest BCUT2D eigenvalue weighted by molar-refractivity contribution is 6.14. The number of benzene rings is 2. The quantitative estimate of drug-likeness (QED) is 0.685. The number of carbonyl (C=O) groups excluding carboxylic acids is 2. The zero-order valence-electron chi connectivity index (χ0n) is 17.4. The van der Waals surface area contributed by atoms with Gasteiger partial charge in [-0.05, 0) is 42.3 Å². The van der Waals surface area contributed by atoms with Gasteiger partial charge in [-0.15, -0.1) is 0 Å². The highest BCUT2D eigenvalue weighted by atomic mass is 16.7. The van der Waals surface area contributed by atoms with Crippen LogP contribution in [0.3, 0.4) is 0 Å². The van der Waals surface area contributed by atoms with Gasteiger partial charge in [0.2, 0.25) is 12.7 Å². The van der Waals surface area contributed by atoms with E-state index in [0.717, 1.165) is 22.9 Å². The van der Waals surface area contributed by atoms with Gasteiger partial charge in [-0.25, -0.2) is 0 Å². The molecule has 31 heavy (non-hydrogen) atoms. The highest BCUT2D eigenvalue weighted by Gasteiger charge is 2.31. The Hall–Kier alpha value is -3.68. The van der Waals surface area contributed by atoms with Crippen molar-refractivity contribution in [3.63, 3.8) is 0 Å². The van der Waals surface area contributed by atoms with E-state index in [0.29, 0.717) is 48.1 Å². The van der Waals surface area contributed by atoms with Gasteiger partial charge in [0.05, 0.1) is 18.3 Å². The van der Waals surface area contributed by atoms with Gasteiger partial charge in [-0.3, -0.25) is 9.59 Å². The van der Waals surface area contributed by atoms with Crippen LogP contribution in [0.15, 0.2) is 36.4 Å². The van der Waals surface area contributed by atoms with Crippen LogP contribution < -0.4 is 24.4 Å². The van der Waals surface area contributed by atoms with Crippen molar-refractivity contribution in [2.45, 2.75) is 19.4 Å². The van der Waals surface area contributed by atoms with Crippen molar-refractivity contribution in [1.82, 2.24) is 9.88 Å². The summed E-state index contributed by atoms with van der Waals surface area (Å²) in [6.45, 7) is 1.13. The number of anilines is 1. The molecule has 2 amide bonds. The standard InChI is InChI=1S/C23H23N3O5/c1-25-17-7-6-15(29-2)11-16(17)21(26-9-3-4-20(26)27)22(25)23(28)24-12-14-5-8-18-19(10-14)31-13-30-18/h5-8,10-11H,3-4,9,12-13H2,1-2H3,(H,24,28). The molecule has 3 aromatic rings. The van der Waals surface area contributed by atoms with Crippen molar-refractivity contribution in [2.75, 3.05) is 25.3 Å². The number of fused-ring (bicyclic) bond motifs is 2. The van der Waals surface area contributed by atoms with Crippen LogP contribution in [0.5, 0.6) is 17.2 Å². The second-order valence-corrected chi connectivity index (χ2v) is 7.66. The Bertz CT molecular complexity index is 1200. The predicted molar refractivity (Wildman–Crippen MR) is 115 cm³/mol. The fourth-order valence-corrected chi connectivity index (χ4v) is 4.27. The Labute approximate surface area is 179 Å². The van der Waals surface area contributed by atoms with E-state index >= 15 is 0 Å². The van der Waals surface area contributed by atoms with Crippen molar-refractivity contribution in [3.8, 4) is 17.2 Å². The molecule has 5 rings (SSSR count). The van der Waals surface area contributed by atoms with Crippen molar-refractivity contribution in [1.29, 1.82) is 0 Å². The van der Waals surface area contributed by atoms with E-state index in [1.807, 2.05) is 48.0 Å². The molecule has 0 spiro atoms. The SMILES string of the molecule is COc1ccc2c(c1)c(N1CCCC1=O)c(C(=O)NCc1ccc3c(c1)OCO3)n2C. The van der Waals surface area contributed by atoms with Crippen molar-refractivity contribution in [3.05, 3.63) is 47.7 Å². The molecule has 0 saturated carbocycles. The Morgan fingerprint density at radius 3 is 2.77 bits per heavy atom. The minimum absolute atomic E-state index is 0.0279. The van der Waals surface area contributed by atoms with E-state index in [1.165, 1.54) is 0 Å². The monoisotopic (exact) mass is 421 g/mol. The summed E-state index contributed by atoms with van der Waals surface area (Å²) in [5, 5.41) is 3.81. The van der Waals surface area contributed by atoms with Crippen molar-refractivity contribution >= 4 is 28.4 Å². The van der Waals surface area contributed by atoms with Crippen LogP contribution in [-0.2, 0) is 18.4 Å². The summed E-state index contributed by atoms with van der Waals surface area (Å²) < 4.78 is 18.0.